The maximum atomic E-state index is 11.7. The van der Waals surface area contributed by atoms with Crippen LogP contribution >= 0.6 is 27.7 Å². The second-order valence-electron chi connectivity index (χ2n) is 4.12. The zero-order valence-electron chi connectivity index (χ0n) is 10.9. The molecular formula is C15H14BrNO2S. The Morgan fingerprint density at radius 3 is 2.75 bits per heavy atom. The van der Waals surface area contributed by atoms with Crippen LogP contribution < -0.4 is 5.73 Å². The number of esters is 1. The van der Waals surface area contributed by atoms with Crippen LogP contribution in [0.1, 0.15) is 15.9 Å². The highest BCUT2D eigenvalue weighted by atomic mass is 79.9. The molecule has 0 heterocycles. The standard InChI is InChI=1S/C15H14BrNO2S/c1-19-15(18)12-5-3-2-4-10(12)9-20-14-7-6-11(16)8-13(14)17/h2-8H,9,17H2,1H3. The van der Waals surface area contributed by atoms with Gasteiger partial charge in [0.2, 0.25) is 0 Å². The van der Waals surface area contributed by atoms with E-state index >= 15 is 0 Å². The Morgan fingerprint density at radius 1 is 1.30 bits per heavy atom. The first kappa shape index (κ1) is 14.9. The molecule has 2 aromatic carbocycles. The summed E-state index contributed by atoms with van der Waals surface area (Å²) in [5.41, 5.74) is 8.22. The number of benzene rings is 2. The number of carbonyl (C=O) groups is 1. The third kappa shape index (κ3) is 3.55. The Kier molecular flexibility index (Phi) is 5.09. The number of methoxy groups -OCH3 is 1. The Morgan fingerprint density at radius 2 is 2.05 bits per heavy atom. The minimum atomic E-state index is -0.315. The molecule has 0 fully saturated rings. The molecule has 2 rings (SSSR count). The fraction of sp³-hybridized carbons (Fsp3) is 0.133. The van der Waals surface area contributed by atoms with Crippen molar-refractivity contribution in [1.29, 1.82) is 0 Å². The van der Waals surface area contributed by atoms with Crippen LogP contribution in [-0.2, 0) is 10.5 Å². The molecular weight excluding hydrogens is 338 g/mol. The molecule has 0 aromatic heterocycles. The molecule has 0 amide bonds. The number of hydrogen-bond donors (Lipinski definition) is 1. The van der Waals surface area contributed by atoms with E-state index in [2.05, 4.69) is 15.9 Å². The molecule has 2 aromatic rings. The largest absolute Gasteiger partial charge is 0.465 e. The number of thioether (sulfide) groups is 1. The summed E-state index contributed by atoms with van der Waals surface area (Å²) in [5.74, 6) is 0.349. The van der Waals surface area contributed by atoms with Gasteiger partial charge in [0.1, 0.15) is 0 Å². The molecule has 0 aliphatic rings. The quantitative estimate of drug-likeness (QED) is 0.511. The number of carbonyl (C=O) groups excluding carboxylic acids is 1. The van der Waals surface area contributed by atoms with E-state index in [9.17, 15) is 4.79 Å². The molecule has 0 spiro atoms. The van der Waals surface area contributed by atoms with Gasteiger partial charge in [0.25, 0.3) is 0 Å². The van der Waals surface area contributed by atoms with Crippen LogP contribution in [0.25, 0.3) is 0 Å². The maximum Gasteiger partial charge on any atom is 0.338 e. The number of ether oxygens (including phenoxy) is 1. The molecule has 2 N–H and O–H groups in total. The first-order chi connectivity index (χ1) is 9.61. The van der Waals surface area contributed by atoms with Gasteiger partial charge in [-0.25, -0.2) is 4.79 Å². The van der Waals surface area contributed by atoms with Crippen LogP contribution in [0.3, 0.4) is 0 Å². The molecule has 3 nitrogen and oxygen atoms in total. The summed E-state index contributed by atoms with van der Waals surface area (Å²) < 4.78 is 5.74. The van der Waals surface area contributed by atoms with Crippen LogP contribution in [0, 0.1) is 0 Å². The van der Waals surface area contributed by atoms with Crippen LogP contribution in [0.5, 0.6) is 0 Å². The van der Waals surface area contributed by atoms with Gasteiger partial charge in [0.05, 0.1) is 12.7 Å². The number of halogens is 1. The summed E-state index contributed by atoms with van der Waals surface area (Å²) in [6.07, 6.45) is 0. The number of hydrogen-bond acceptors (Lipinski definition) is 4. The summed E-state index contributed by atoms with van der Waals surface area (Å²) >= 11 is 4.98. The zero-order chi connectivity index (χ0) is 14.5. The fourth-order valence-electron chi connectivity index (χ4n) is 1.76. The van der Waals surface area contributed by atoms with Crippen molar-refractivity contribution in [1.82, 2.24) is 0 Å². The van der Waals surface area contributed by atoms with Crippen molar-refractivity contribution < 1.29 is 9.53 Å². The van der Waals surface area contributed by atoms with Gasteiger partial charge in [-0.05, 0) is 29.8 Å². The first-order valence-corrected chi connectivity index (χ1v) is 7.73. The molecule has 0 unspecified atom stereocenters. The van der Waals surface area contributed by atoms with Crippen molar-refractivity contribution in [2.75, 3.05) is 12.8 Å². The lowest BCUT2D eigenvalue weighted by Gasteiger charge is -2.09. The molecule has 0 radical (unpaired) electrons. The second kappa shape index (κ2) is 6.81. The van der Waals surface area contributed by atoms with Crippen molar-refractivity contribution in [2.24, 2.45) is 0 Å². The third-order valence-electron chi connectivity index (χ3n) is 2.78. The van der Waals surface area contributed by atoms with Crippen LogP contribution in [0.15, 0.2) is 51.8 Å². The van der Waals surface area contributed by atoms with Gasteiger partial charge in [0.15, 0.2) is 0 Å². The van der Waals surface area contributed by atoms with Crippen LogP contribution in [0.2, 0.25) is 0 Å². The number of nitrogens with two attached hydrogens (primary N) is 1. The normalized spacial score (nSPS) is 10.3. The van der Waals surface area contributed by atoms with E-state index in [0.717, 1.165) is 20.6 Å². The second-order valence-corrected chi connectivity index (χ2v) is 6.05. The summed E-state index contributed by atoms with van der Waals surface area (Å²) in [5, 5.41) is 0. The monoisotopic (exact) mass is 351 g/mol. The molecule has 0 aliphatic heterocycles. The Balaban J connectivity index is 2.17. The highest BCUT2D eigenvalue weighted by Crippen LogP contribution is 2.31. The van der Waals surface area contributed by atoms with Gasteiger partial charge < -0.3 is 10.5 Å². The highest BCUT2D eigenvalue weighted by molar-refractivity contribution is 9.10. The molecule has 5 heteroatoms. The average molecular weight is 352 g/mol. The van der Waals surface area contributed by atoms with Crippen LogP contribution in [-0.4, -0.2) is 13.1 Å². The molecule has 20 heavy (non-hydrogen) atoms. The predicted molar refractivity (Wildman–Crippen MR) is 85.9 cm³/mol. The van der Waals surface area contributed by atoms with Gasteiger partial charge in [-0.2, -0.15) is 0 Å². The van der Waals surface area contributed by atoms with E-state index in [0.29, 0.717) is 11.3 Å². The van der Waals surface area contributed by atoms with E-state index < -0.39 is 0 Å². The minimum absolute atomic E-state index is 0.315. The number of rotatable bonds is 4. The lowest BCUT2D eigenvalue weighted by atomic mass is 10.1. The molecule has 0 saturated heterocycles. The molecule has 0 aliphatic carbocycles. The number of anilines is 1. The SMILES string of the molecule is COC(=O)c1ccccc1CSc1ccc(Br)cc1N. The average Bonchev–Trinajstić information content (AvgIpc) is 2.46. The smallest absolute Gasteiger partial charge is 0.338 e. The minimum Gasteiger partial charge on any atom is -0.465 e. The number of nitrogen functional groups attached to an aromatic ring is 1. The van der Waals surface area contributed by atoms with E-state index in [1.807, 2.05) is 36.4 Å². The van der Waals surface area contributed by atoms with Gasteiger partial charge in [0, 0.05) is 20.8 Å². The van der Waals surface area contributed by atoms with Crippen molar-refractivity contribution >= 4 is 39.3 Å². The van der Waals surface area contributed by atoms with E-state index in [-0.39, 0.29) is 5.97 Å². The van der Waals surface area contributed by atoms with Crippen molar-refractivity contribution in [3.8, 4) is 0 Å². The molecule has 104 valence electrons. The summed E-state index contributed by atoms with van der Waals surface area (Å²) in [6.45, 7) is 0. The van der Waals surface area contributed by atoms with Gasteiger partial charge >= 0.3 is 5.97 Å². The van der Waals surface area contributed by atoms with E-state index in [4.69, 9.17) is 10.5 Å². The zero-order valence-corrected chi connectivity index (χ0v) is 13.3. The Hall–Kier alpha value is -1.46. The van der Waals surface area contributed by atoms with E-state index in [1.165, 1.54) is 7.11 Å². The lowest BCUT2D eigenvalue weighted by molar-refractivity contribution is 0.0600. The third-order valence-corrected chi connectivity index (χ3v) is 4.41. The lowest BCUT2D eigenvalue weighted by Crippen LogP contribution is -2.04. The summed E-state index contributed by atoms with van der Waals surface area (Å²) in [7, 11) is 1.39. The van der Waals surface area contributed by atoms with Gasteiger partial charge in [-0.1, -0.05) is 34.1 Å². The summed E-state index contributed by atoms with van der Waals surface area (Å²) in [4.78, 5) is 12.7. The Labute approximate surface area is 130 Å². The van der Waals surface area contributed by atoms with Crippen molar-refractivity contribution in [2.45, 2.75) is 10.6 Å². The summed E-state index contributed by atoms with van der Waals surface area (Å²) in [6, 6.07) is 13.2. The fourth-order valence-corrected chi connectivity index (χ4v) is 3.09. The van der Waals surface area contributed by atoms with Crippen LogP contribution in [0.4, 0.5) is 5.69 Å². The molecule has 0 atom stereocenters. The molecule has 0 saturated carbocycles. The van der Waals surface area contributed by atoms with Crippen molar-refractivity contribution in [3.63, 3.8) is 0 Å². The molecule has 0 bridgehead atoms. The maximum absolute atomic E-state index is 11.7. The topological polar surface area (TPSA) is 52.3 Å². The predicted octanol–water partition coefficient (Wildman–Crippen LogP) is 4.11. The Bertz CT molecular complexity index is 631. The first-order valence-electron chi connectivity index (χ1n) is 5.96. The van der Waals surface area contributed by atoms with Gasteiger partial charge in [-0.3, -0.25) is 0 Å². The van der Waals surface area contributed by atoms with Gasteiger partial charge in [-0.15, -0.1) is 11.8 Å². The van der Waals surface area contributed by atoms with Crippen molar-refractivity contribution in [3.05, 3.63) is 58.1 Å². The highest BCUT2D eigenvalue weighted by Gasteiger charge is 2.11. The van der Waals surface area contributed by atoms with E-state index in [1.54, 1.807) is 17.8 Å².